The van der Waals surface area contributed by atoms with Crippen LogP contribution in [0.3, 0.4) is 0 Å². The molecule has 0 amide bonds. The maximum atomic E-state index is 6.90. The first-order valence-electron chi connectivity index (χ1n) is 13.7. The standard InChI is InChI=1S/C34H32O6/c1-20-26(35-2)17-28-30(32(20)37-4)24-19-34(39-28,22-13-9-6-10-14-22)40-29-18-27(36-3)23-15-16-25(38-33(23)31(24)29)21-11-7-5-8-12-21/h5-14,17-18,24-25H,15-16,19H2,1-4H3/t24-,25+,34-/m1/s1. The fourth-order valence-electron chi connectivity index (χ4n) is 6.64. The first-order valence-corrected chi connectivity index (χ1v) is 13.7. The van der Waals surface area contributed by atoms with Crippen molar-refractivity contribution in [1.29, 1.82) is 0 Å². The van der Waals surface area contributed by atoms with Crippen molar-refractivity contribution in [2.75, 3.05) is 21.3 Å². The molecule has 3 aliphatic rings. The summed E-state index contributed by atoms with van der Waals surface area (Å²) in [6.07, 6.45) is 2.20. The van der Waals surface area contributed by atoms with E-state index in [-0.39, 0.29) is 12.0 Å². The van der Waals surface area contributed by atoms with Crippen LogP contribution in [0.15, 0.2) is 72.8 Å². The van der Waals surface area contributed by atoms with Crippen molar-refractivity contribution >= 4 is 0 Å². The first-order chi connectivity index (χ1) is 19.6. The average Bonchev–Trinajstić information content (AvgIpc) is 3.01. The van der Waals surface area contributed by atoms with E-state index in [0.29, 0.717) is 23.7 Å². The van der Waals surface area contributed by atoms with Crippen LogP contribution in [0.5, 0.6) is 34.5 Å². The predicted octanol–water partition coefficient (Wildman–Crippen LogP) is 7.25. The third kappa shape index (κ3) is 3.62. The molecule has 2 bridgehead atoms. The average molecular weight is 537 g/mol. The SMILES string of the molecule is COc1cc2c(c(OC)c1C)[C@H]1C[C@@](c3ccccc3)(O2)Oc2cc(OC)c3c(c21)O[C@H](c1ccccc1)CC3. The third-order valence-corrected chi connectivity index (χ3v) is 8.49. The molecule has 0 radical (unpaired) electrons. The molecular formula is C34H32O6. The number of ether oxygens (including phenoxy) is 6. The van der Waals surface area contributed by atoms with Crippen molar-refractivity contribution in [1.82, 2.24) is 0 Å². The summed E-state index contributed by atoms with van der Waals surface area (Å²) in [5.41, 5.74) is 6.09. The molecule has 4 aromatic rings. The van der Waals surface area contributed by atoms with Crippen molar-refractivity contribution in [2.24, 2.45) is 0 Å². The number of hydrogen-bond donors (Lipinski definition) is 0. The molecule has 3 heterocycles. The molecule has 0 fully saturated rings. The van der Waals surface area contributed by atoms with E-state index in [2.05, 4.69) is 24.3 Å². The van der Waals surface area contributed by atoms with Crippen LogP contribution < -0.4 is 28.4 Å². The summed E-state index contributed by atoms with van der Waals surface area (Å²) in [6.45, 7) is 2.02. The Morgan fingerprint density at radius 3 is 2.10 bits per heavy atom. The Balaban J connectivity index is 1.49. The van der Waals surface area contributed by atoms with E-state index in [0.717, 1.165) is 63.5 Å². The molecule has 204 valence electrons. The zero-order chi connectivity index (χ0) is 27.4. The van der Waals surface area contributed by atoms with Gasteiger partial charge in [-0.05, 0) is 25.3 Å². The van der Waals surface area contributed by atoms with Gasteiger partial charge < -0.3 is 28.4 Å². The summed E-state index contributed by atoms with van der Waals surface area (Å²) in [6, 6.07) is 24.5. The minimum absolute atomic E-state index is 0.0653. The van der Waals surface area contributed by atoms with Crippen LogP contribution in [-0.4, -0.2) is 21.3 Å². The number of hydrogen-bond acceptors (Lipinski definition) is 6. The monoisotopic (exact) mass is 536 g/mol. The van der Waals surface area contributed by atoms with Gasteiger partial charge in [-0.3, -0.25) is 0 Å². The van der Waals surface area contributed by atoms with Crippen LogP contribution in [0.25, 0.3) is 0 Å². The zero-order valence-electron chi connectivity index (χ0n) is 23.2. The van der Waals surface area contributed by atoms with Gasteiger partial charge >= 0.3 is 0 Å². The maximum Gasteiger partial charge on any atom is 0.278 e. The quantitative estimate of drug-likeness (QED) is 0.268. The highest BCUT2D eigenvalue weighted by molar-refractivity contribution is 5.68. The molecule has 6 heteroatoms. The Morgan fingerprint density at radius 2 is 1.43 bits per heavy atom. The highest BCUT2D eigenvalue weighted by atomic mass is 16.7. The Bertz CT molecular complexity index is 1580. The molecule has 4 aromatic carbocycles. The van der Waals surface area contributed by atoms with E-state index >= 15 is 0 Å². The largest absolute Gasteiger partial charge is 0.496 e. The lowest BCUT2D eigenvalue weighted by atomic mass is 9.76. The van der Waals surface area contributed by atoms with Crippen LogP contribution in [-0.2, 0) is 12.2 Å². The topological polar surface area (TPSA) is 55.4 Å². The van der Waals surface area contributed by atoms with Gasteiger partial charge in [0.25, 0.3) is 5.79 Å². The minimum Gasteiger partial charge on any atom is -0.496 e. The van der Waals surface area contributed by atoms with Gasteiger partial charge in [0, 0.05) is 52.3 Å². The second-order valence-electron chi connectivity index (χ2n) is 10.6. The summed E-state index contributed by atoms with van der Waals surface area (Å²) in [5, 5.41) is 0. The molecule has 0 aliphatic carbocycles. The Kier molecular flexibility index (Phi) is 5.81. The van der Waals surface area contributed by atoms with Gasteiger partial charge in [-0.2, -0.15) is 0 Å². The molecule has 3 atom stereocenters. The number of rotatable bonds is 5. The van der Waals surface area contributed by atoms with E-state index in [9.17, 15) is 0 Å². The van der Waals surface area contributed by atoms with Gasteiger partial charge in [0.15, 0.2) is 0 Å². The van der Waals surface area contributed by atoms with Crippen molar-refractivity contribution in [3.8, 4) is 34.5 Å². The van der Waals surface area contributed by atoms with Crippen molar-refractivity contribution in [2.45, 2.75) is 44.0 Å². The lowest BCUT2D eigenvalue weighted by Gasteiger charge is -2.48. The Hall–Kier alpha value is -4.32. The molecule has 6 nitrogen and oxygen atoms in total. The molecule has 0 saturated carbocycles. The van der Waals surface area contributed by atoms with E-state index < -0.39 is 5.79 Å². The fourth-order valence-corrected chi connectivity index (χ4v) is 6.64. The van der Waals surface area contributed by atoms with Gasteiger partial charge in [-0.1, -0.05) is 60.7 Å². The fraction of sp³-hybridized carbons (Fsp3) is 0.294. The second kappa shape index (κ2) is 9.40. The van der Waals surface area contributed by atoms with Gasteiger partial charge in [0.2, 0.25) is 0 Å². The number of fused-ring (bicyclic) bond motifs is 8. The molecular weight excluding hydrogens is 504 g/mol. The predicted molar refractivity (Wildman–Crippen MR) is 151 cm³/mol. The smallest absolute Gasteiger partial charge is 0.278 e. The molecule has 0 spiro atoms. The van der Waals surface area contributed by atoms with E-state index in [1.165, 1.54) is 0 Å². The Morgan fingerprint density at radius 1 is 0.775 bits per heavy atom. The van der Waals surface area contributed by atoms with Crippen molar-refractivity contribution in [3.63, 3.8) is 0 Å². The summed E-state index contributed by atoms with van der Waals surface area (Å²) < 4.78 is 38.3. The van der Waals surface area contributed by atoms with Crippen LogP contribution in [0.1, 0.15) is 58.2 Å². The normalized spacial score (nSPS) is 21.9. The summed E-state index contributed by atoms with van der Waals surface area (Å²) in [5.74, 6) is 3.30. The lowest BCUT2D eigenvalue weighted by Crippen LogP contribution is -2.47. The highest BCUT2D eigenvalue weighted by Gasteiger charge is 2.53. The molecule has 40 heavy (non-hydrogen) atoms. The number of benzene rings is 4. The second-order valence-corrected chi connectivity index (χ2v) is 10.6. The highest BCUT2D eigenvalue weighted by Crippen LogP contribution is 2.62. The van der Waals surface area contributed by atoms with Crippen LogP contribution in [0.2, 0.25) is 0 Å². The molecule has 3 aliphatic heterocycles. The Labute approximate surface area is 234 Å². The third-order valence-electron chi connectivity index (χ3n) is 8.49. The lowest BCUT2D eigenvalue weighted by molar-refractivity contribution is -0.149. The van der Waals surface area contributed by atoms with Crippen LogP contribution >= 0.6 is 0 Å². The molecule has 0 unspecified atom stereocenters. The zero-order valence-corrected chi connectivity index (χ0v) is 23.2. The van der Waals surface area contributed by atoms with Gasteiger partial charge in [-0.25, -0.2) is 0 Å². The minimum atomic E-state index is -1.04. The molecule has 7 rings (SSSR count). The van der Waals surface area contributed by atoms with E-state index in [1.807, 2.05) is 55.5 Å². The van der Waals surface area contributed by atoms with E-state index in [1.54, 1.807) is 21.3 Å². The maximum absolute atomic E-state index is 6.90. The van der Waals surface area contributed by atoms with Crippen LogP contribution in [0.4, 0.5) is 0 Å². The number of methoxy groups -OCH3 is 3. The molecule has 0 N–H and O–H groups in total. The first kappa shape index (κ1) is 24.7. The summed E-state index contributed by atoms with van der Waals surface area (Å²) in [7, 11) is 5.07. The van der Waals surface area contributed by atoms with Gasteiger partial charge in [-0.15, -0.1) is 0 Å². The van der Waals surface area contributed by atoms with Crippen molar-refractivity contribution < 1.29 is 28.4 Å². The molecule has 0 aromatic heterocycles. The summed E-state index contributed by atoms with van der Waals surface area (Å²) >= 11 is 0. The van der Waals surface area contributed by atoms with Gasteiger partial charge in [0.05, 0.1) is 21.3 Å². The molecule has 0 saturated heterocycles. The van der Waals surface area contributed by atoms with Gasteiger partial charge in [0.1, 0.15) is 40.6 Å². The summed E-state index contributed by atoms with van der Waals surface area (Å²) in [4.78, 5) is 0. The van der Waals surface area contributed by atoms with Crippen molar-refractivity contribution in [3.05, 3.63) is 106 Å². The van der Waals surface area contributed by atoms with E-state index in [4.69, 9.17) is 28.4 Å². The van der Waals surface area contributed by atoms with Crippen LogP contribution in [0, 0.1) is 6.92 Å².